The number of carbonyl (C=O) groups is 2. The van der Waals surface area contributed by atoms with Crippen LogP contribution in [0.25, 0.3) is 0 Å². The molecule has 0 aliphatic rings. The lowest BCUT2D eigenvalue weighted by Crippen LogP contribution is -2.36. The fourth-order valence-electron chi connectivity index (χ4n) is 6.07. The molecule has 1 radical (unpaired) electrons. The molecule has 0 rings (SSSR count). The van der Waals surface area contributed by atoms with Gasteiger partial charge < -0.3 is 10.8 Å². The predicted octanol–water partition coefficient (Wildman–Crippen LogP) is 14.7. The van der Waals surface area contributed by atoms with Crippen molar-refractivity contribution >= 4 is 19.6 Å². The first kappa shape index (κ1) is 51.3. The zero-order valence-corrected chi connectivity index (χ0v) is 35.0. The maximum atomic E-state index is 12.1. The molecule has 0 amide bonds. The van der Waals surface area contributed by atoms with E-state index in [1.807, 2.05) is 6.92 Å². The molecular weight excluding hydrogens is 633 g/mol. The third-order valence-corrected chi connectivity index (χ3v) is 10.8. The highest BCUT2D eigenvalue weighted by molar-refractivity contribution is 7.73. The highest BCUT2D eigenvalue weighted by atomic mass is 31.1. The highest BCUT2D eigenvalue weighted by Crippen LogP contribution is 2.22. The summed E-state index contributed by atoms with van der Waals surface area (Å²) >= 11 is 0. The summed E-state index contributed by atoms with van der Waals surface area (Å²) in [6.45, 7) is 9.08. The summed E-state index contributed by atoms with van der Waals surface area (Å²) in [7, 11) is 0.441. The van der Waals surface area contributed by atoms with Gasteiger partial charge in [-0.2, -0.15) is 0 Å². The third-order valence-electron chi connectivity index (χ3n) is 9.84. The summed E-state index contributed by atoms with van der Waals surface area (Å²) < 4.78 is 0. The van der Waals surface area contributed by atoms with Crippen molar-refractivity contribution in [3.63, 3.8) is 0 Å². The van der Waals surface area contributed by atoms with E-state index >= 15 is 0 Å². The maximum absolute atomic E-state index is 12.1. The van der Waals surface area contributed by atoms with Crippen molar-refractivity contribution in [3.05, 3.63) is 24.3 Å². The molecule has 5 heteroatoms. The van der Waals surface area contributed by atoms with Gasteiger partial charge in [-0.15, -0.1) is 0 Å². The molecule has 0 fully saturated rings. The molecule has 0 aromatic rings. The lowest BCUT2D eigenvalue weighted by Gasteiger charge is -2.24. The first-order valence-corrected chi connectivity index (χ1v) is 22.8. The number of allylic oxidation sites excluding steroid dienone is 4. The normalized spacial score (nSPS) is 12.8. The monoisotopic (exact) mass is 721 g/mol. The standard InChI is InChI=1S/C36H66O2P.C9H21NO/c1-3-5-7-9-11-13-15-17-19-21-23-25-27-29-31-33-35(37)39-36(38)34-32-30-28-26-24-22-20-18-16-14-12-10-8-6-4-2;1-3-5-6-7-9(11,4-2)8-10/h17-20H,3-16,21-34H2,1-2H3;11H,3-8,10H2,1-2H3/b19-17-,20-18-;. The number of nitrogens with two attached hydrogens (primary N) is 1. The first-order chi connectivity index (χ1) is 24.4. The zero-order chi connectivity index (χ0) is 37.2. The molecule has 0 aliphatic heterocycles. The minimum Gasteiger partial charge on any atom is -0.389 e. The molecule has 1 unspecified atom stereocenters. The molecular formula is C45H87NO3P. The highest BCUT2D eigenvalue weighted by Gasteiger charge is 2.21. The van der Waals surface area contributed by atoms with Crippen LogP contribution in [0.2, 0.25) is 0 Å². The van der Waals surface area contributed by atoms with E-state index in [4.69, 9.17) is 5.73 Å². The van der Waals surface area contributed by atoms with E-state index in [1.165, 1.54) is 154 Å². The molecule has 0 heterocycles. The number of carbonyl (C=O) groups excluding carboxylic acids is 2. The van der Waals surface area contributed by atoms with Crippen molar-refractivity contribution in [3.8, 4) is 0 Å². The van der Waals surface area contributed by atoms with Crippen LogP contribution >= 0.6 is 8.58 Å². The number of aliphatic hydroxyl groups is 1. The van der Waals surface area contributed by atoms with Gasteiger partial charge in [0.25, 0.3) is 0 Å². The molecule has 1 atom stereocenters. The Morgan fingerprint density at radius 3 is 1.10 bits per heavy atom. The van der Waals surface area contributed by atoms with E-state index in [2.05, 4.69) is 45.1 Å². The van der Waals surface area contributed by atoms with Crippen LogP contribution in [-0.2, 0) is 9.59 Å². The van der Waals surface area contributed by atoms with Crippen LogP contribution in [-0.4, -0.2) is 28.3 Å². The van der Waals surface area contributed by atoms with Gasteiger partial charge in [-0.3, -0.25) is 9.59 Å². The second-order valence-corrected chi connectivity index (χ2v) is 16.0. The summed E-state index contributed by atoms with van der Waals surface area (Å²) in [4.78, 5) is 24.2. The zero-order valence-electron chi connectivity index (χ0n) is 34.1. The van der Waals surface area contributed by atoms with Crippen LogP contribution in [0.5, 0.6) is 0 Å². The van der Waals surface area contributed by atoms with Crippen molar-refractivity contribution in [2.45, 2.75) is 245 Å². The number of unbranched alkanes of at least 4 members (excludes halogenated alkanes) is 24. The van der Waals surface area contributed by atoms with E-state index in [0.717, 1.165) is 44.9 Å². The molecule has 295 valence electrons. The second kappa shape index (κ2) is 42.6. The lowest BCUT2D eigenvalue weighted by atomic mass is 9.94. The van der Waals surface area contributed by atoms with Crippen LogP contribution < -0.4 is 5.73 Å². The van der Waals surface area contributed by atoms with Crippen molar-refractivity contribution in [1.29, 1.82) is 0 Å². The Hall–Kier alpha value is -0.830. The fraction of sp³-hybridized carbons (Fsp3) is 0.867. The Morgan fingerprint density at radius 1 is 0.480 bits per heavy atom. The Labute approximate surface area is 315 Å². The van der Waals surface area contributed by atoms with Gasteiger partial charge in [-0.25, -0.2) is 0 Å². The van der Waals surface area contributed by atoms with Gasteiger partial charge in [-0.1, -0.05) is 174 Å². The van der Waals surface area contributed by atoms with Gasteiger partial charge in [0.15, 0.2) is 11.0 Å². The lowest BCUT2D eigenvalue weighted by molar-refractivity contribution is -0.113. The molecule has 0 saturated carbocycles. The summed E-state index contributed by atoms with van der Waals surface area (Å²) in [5, 5.41) is 9.73. The Balaban J connectivity index is 0. The van der Waals surface area contributed by atoms with Crippen molar-refractivity contribution in [2.75, 3.05) is 6.54 Å². The van der Waals surface area contributed by atoms with Crippen molar-refractivity contribution in [2.24, 2.45) is 5.73 Å². The smallest absolute Gasteiger partial charge is 0.167 e. The van der Waals surface area contributed by atoms with Crippen LogP contribution in [0.15, 0.2) is 24.3 Å². The van der Waals surface area contributed by atoms with E-state index in [9.17, 15) is 14.7 Å². The van der Waals surface area contributed by atoms with Crippen LogP contribution in [0.1, 0.15) is 240 Å². The second-order valence-electron chi connectivity index (χ2n) is 14.8. The molecule has 0 spiro atoms. The summed E-state index contributed by atoms with van der Waals surface area (Å²) in [6, 6.07) is 0. The van der Waals surface area contributed by atoms with Gasteiger partial charge in [0.2, 0.25) is 0 Å². The van der Waals surface area contributed by atoms with E-state index < -0.39 is 5.60 Å². The molecule has 3 N–H and O–H groups in total. The molecule has 0 bridgehead atoms. The van der Waals surface area contributed by atoms with E-state index in [-0.39, 0.29) is 11.0 Å². The first-order valence-electron chi connectivity index (χ1n) is 21.9. The largest absolute Gasteiger partial charge is 0.389 e. The Morgan fingerprint density at radius 2 is 0.780 bits per heavy atom. The molecule has 0 aromatic heterocycles. The molecule has 50 heavy (non-hydrogen) atoms. The molecule has 0 aliphatic carbocycles. The van der Waals surface area contributed by atoms with E-state index in [1.54, 1.807) is 0 Å². The average molecular weight is 721 g/mol. The molecule has 0 aromatic carbocycles. The molecule has 0 saturated heterocycles. The summed E-state index contributed by atoms with van der Waals surface area (Å²) in [5.41, 5.74) is 5.12. The Bertz CT molecular complexity index is 711. The minimum atomic E-state index is -0.588. The predicted molar refractivity (Wildman–Crippen MR) is 224 cm³/mol. The summed E-state index contributed by atoms with van der Waals surface area (Å²) in [6.07, 6.45) is 48.6. The fourth-order valence-corrected chi connectivity index (χ4v) is 6.89. The average Bonchev–Trinajstić information content (AvgIpc) is 3.11. The van der Waals surface area contributed by atoms with Gasteiger partial charge in [0, 0.05) is 19.4 Å². The van der Waals surface area contributed by atoms with Crippen LogP contribution in [0, 0.1) is 0 Å². The van der Waals surface area contributed by atoms with Crippen molar-refractivity contribution < 1.29 is 14.7 Å². The van der Waals surface area contributed by atoms with Gasteiger partial charge in [0.05, 0.1) is 14.2 Å². The minimum absolute atomic E-state index is 0.130. The number of hydrogen-bond acceptors (Lipinski definition) is 4. The van der Waals surface area contributed by atoms with Gasteiger partial charge >= 0.3 is 0 Å². The topological polar surface area (TPSA) is 80.4 Å². The maximum Gasteiger partial charge on any atom is 0.167 e. The Kier molecular flexibility index (Phi) is 43.7. The van der Waals surface area contributed by atoms with Crippen LogP contribution in [0.4, 0.5) is 0 Å². The van der Waals surface area contributed by atoms with Crippen molar-refractivity contribution in [1.82, 2.24) is 0 Å². The SMILES string of the molecule is CCCCCC(O)(CC)CN.CCCCCCCC/C=C\CCCCCCCC(=O)[P]C(=O)CCCCCCC/C=C\CCCCCCCC. The van der Waals surface area contributed by atoms with Crippen LogP contribution in [0.3, 0.4) is 0 Å². The number of hydrogen-bond donors (Lipinski definition) is 2. The van der Waals surface area contributed by atoms with Gasteiger partial charge in [-0.05, 0) is 77.0 Å². The quantitative estimate of drug-likeness (QED) is 0.0378. The third kappa shape index (κ3) is 41.6. The summed E-state index contributed by atoms with van der Waals surface area (Å²) in [5.74, 6) is 0. The van der Waals surface area contributed by atoms with Gasteiger partial charge in [0.1, 0.15) is 0 Å². The van der Waals surface area contributed by atoms with E-state index in [0.29, 0.717) is 28.0 Å². The number of rotatable bonds is 38. The molecule has 4 nitrogen and oxygen atoms in total.